The van der Waals surface area contributed by atoms with Crippen LogP contribution in [0.4, 0.5) is 17.6 Å². The monoisotopic (exact) mass is 307 g/mol. The highest BCUT2D eigenvalue weighted by atomic mass is 19.4. The van der Waals surface area contributed by atoms with Crippen molar-refractivity contribution in [3.8, 4) is 6.07 Å². The van der Waals surface area contributed by atoms with E-state index in [-0.39, 0.29) is 16.7 Å². The van der Waals surface area contributed by atoms with Crippen molar-refractivity contribution in [2.75, 3.05) is 0 Å². The summed E-state index contributed by atoms with van der Waals surface area (Å²) in [5, 5.41) is 19.2. The van der Waals surface area contributed by atoms with Crippen molar-refractivity contribution < 1.29 is 22.7 Å². The van der Waals surface area contributed by atoms with Gasteiger partial charge in [0.15, 0.2) is 0 Å². The topological polar surface area (TPSA) is 44.0 Å². The predicted octanol–water partition coefficient (Wildman–Crippen LogP) is 4.79. The Bertz CT molecular complexity index is 738. The lowest BCUT2D eigenvalue weighted by molar-refractivity contribution is -0.137. The van der Waals surface area contributed by atoms with Crippen molar-refractivity contribution >= 4 is 11.3 Å². The first-order valence-electron chi connectivity index (χ1n) is 6.10. The van der Waals surface area contributed by atoms with E-state index in [1.807, 2.05) is 0 Å². The molecule has 22 heavy (non-hydrogen) atoms. The maximum absolute atomic E-state index is 12.8. The van der Waals surface area contributed by atoms with Crippen molar-refractivity contribution in [3.63, 3.8) is 0 Å². The third kappa shape index (κ3) is 3.26. The van der Waals surface area contributed by atoms with Gasteiger partial charge in [-0.3, -0.25) is 0 Å². The number of hydrogen-bond donors (Lipinski definition) is 1. The average Bonchev–Trinajstić information content (AvgIpc) is 2.48. The van der Waals surface area contributed by atoms with Crippen LogP contribution in [-0.4, -0.2) is 5.11 Å². The second-order valence-corrected chi connectivity index (χ2v) is 4.42. The summed E-state index contributed by atoms with van der Waals surface area (Å²) in [6, 6.07) is 10.3. The minimum absolute atomic E-state index is 0.136. The fraction of sp³-hybridized carbons (Fsp3) is 0.0625. The van der Waals surface area contributed by atoms with E-state index < -0.39 is 23.3 Å². The SMILES string of the molecule is N#CC(=C(O)c1ccc(F)cc1)c1ccc(C(F)(F)F)cc1. The first-order chi connectivity index (χ1) is 10.3. The second kappa shape index (κ2) is 5.90. The lowest BCUT2D eigenvalue weighted by Gasteiger charge is -2.08. The van der Waals surface area contributed by atoms with Crippen LogP contribution in [0.1, 0.15) is 16.7 Å². The number of hydrogen-bond acceptors (Lipinski definition) is 2. The van der Waals surface area contributed by atoms with Crippen molar-refractivity contribution in [2.24, 2.45) is 0 Å². The van der Waals surface area contributed by atoms with Gasteiger partial charge in [0.1, 0.15) is 23.2 Å². The largest absolute Gasteiger partial charge is 0.506 e. The first-order valence-corrected chi connectivity index (χ1v) is 6.10. The number of alkyl halides is 3. The molecule has 0 aliphatic heterocycles. The Balaban J connectivity index is 2.45. The molecular weight excluding hydrogens is 298 g/mol. The van der Waals surface area contributed by atoms with E-state index in [0.717, 1.165) is 36.4 Å². The molecule has 0 aromatic heterocycles. The Morgan fingerprint density at radius 2 is 1.41 bits per heavy atom. The van der Waals surface area contributed by atoms with Crippen LogP contribution in [0.2, 0.25) is 0 Å². The molecule has 0 aliphatic carbocycles. The van der Waals surface area contributed by atoms with Gasteiger partial charge < -0.3 is 5.11 Å². The highest BCUT2D eigenvalue weighted by Crippen LogP contribution is 2.31. The molecule has 112 valence electrons. The van der Waals surface area contributed by atoms with Crippen LogP contribution in [0.5, 0.6) is 0 Å². The Morgan fingerprint density at radius 3 is 1.86 bits per heavy atom. The van der Waals surface area contributed by atoms with Gasteiger partial charge in [0.2, 0.25) is 0 Å². The highest BCUT2D eigenvalue weighted by Gasteiger charge is 2.30. The summed E-state index contributed by atoms with van der Waals surface area (Å²) in [6.45, 7) is 0. The maximum Gasteiger partial charge on any atom is 0.416 e. The molecule has 1 N–H and O–H groups in total. The molecule has 0 amide bonds. The summed E-state index contributed by atoms with van der Waals surface area (Å²) < 4.78 is 50.3. The highest BCUT2D eigenvalue weighted by molar-refractivity contribution is 5.94. The summed E-state index contributed by atoms with van der Waals surface area (Å²) in [5.74, 6) is -0.938. The molecule has 0 spiro atoms. The van der Waals surface area contributed by atoms with Crippen LogP contribution in [0, 0.1) is 17.1 Å². The number of benzene rings is 2. The summed E-state index contributed by atoms with van der Waals surface area (Å²) in [4.78, 5) is 0. The zero-order valence-corrected chi connectivity index (χ0v) is 11.0. The smallest absolute Gasteiger partial charge is 0.416 e. The normalized spacial score (nSPS) is 12.5. The Kier molecular flexibility index (Phi) is 4.18. The molecule has 0 atom stereocenters. The van der Waals surface area contributed by atoms with E-state index in [2.05, 4.69) is 0 Å². The number of nitrogens with zero attached hydrogens (tertiary/aromatic N) is 1. The molecule has 0 radical (unpaired) electrons. The van der Waals surface area contributed by atoms with Gasteiger partial charge in [-0.1, -0.05) is 12.1 Å². The molecule has 0 bridgehead atoms. The van der Waals surface area contributed by atoms with Crippen LogP contribution < -0.4 is 0 Å². The lowest BCUT2D eigenvalue weighted by Crippen LogP contribution is -2.04. The molecule has 6 heteroatoms. The fourth-order valence-corrected chi connectivity index (χ4v) is 1.83. The number of aliphatic hydroxyl groups is 1. The molecular formula is C16H9F4NO. The maximum atomic E-state index is 12.8. The van der Waals surface area contributed by atoms with E-state index >= 15 is 0 Å². The molecule has 2 aromatic rings. The number of nitriles is 1. The quantitative estimate of drug-likeness (QED) is 0.375. The Labute approximate surface area is 123 Å². The minimum Gasteiger partial charge on any atom is -0.506 e. The predicted molar refractivity (Wildman–Crippen MR) is 72.9 cm³/mol. The summed E-state index contributed by atoms with van der Waals surface area (Å²) in [5.41, 5.74) is -0.717. The number of aliphatic hydroxyl groups excluding tert-OH is 1. The van der Waals surface area contributed by atoms with E-state index in [1.54, 1.807) is 6.07 Å². The third-order valence-corrected chi connectivity index (χ3v) is 2.97. The van der Waals surface area contributed by atoms with Crippen LogP contribution in [0.25, 0.3) is 11.3 Å². The van der Waals surface area contributed by atoms with Crippen LogP contribution in [0.15, 0.2) is 48.5 Å². The van der Waals surface area contributed by atoms with Crippen molar-refractivity contribution in [2.45, 2.75) is 6.18 Å². The molecule has 2 rings (SSSR count). The van der Waals surface area contributed by atoms with E-state index in [0.29, 0.717) is 0 Å². The van der Waals surface area contributed by atoms with Crippen molar-refractivity contribution in [1.29, 1.82) is 5.26 Å². The number of allylic oxidation sites excluding steroid dienone is 1. The summed E-state index contributed by atoms with van der Waals surface area (Å²) in [7, 11) is 0. The van der Waals surface area contributed by atoms with Crippen LogP contribution >= 0.6 is 0 Å². The molecule has 0 fully saturated rings. The zero-order valence-electron chi connectivity index (χ0n) is 11.0. The third-order valence-electron chi connectivity index (χ3n) is 2.97. The second-order valence-electron chi connectivity index (χ2n) is 4.42. The summed E-state index contributed by atoms with van der Waals surface area (Å²) >= 11 is 0. The van der Waals surface area contributed by atoms with Crippen molar-refractivity contribution in [1.82, 2.24) is 0 Å². The lowest BCUT2D eigenvalue weighted by atomic mass is 10.0. The van der Waals surface area contributed by atoms with Gasteiger partial charge in [0.25, 0.3) is 0 Å². The fourth-order valence-electron chi connectivity index (χ4n) is 1.83. The first kappa shape index (κ1) is 15.6. The van der Waals surface area contributed by atoms with Gasteiger partial charge in [-0.15, -0.1) is 0 Å². The zero-order chi connectivity index (χ0) is 16.3. The van der Waals surface area contributed by atoms with E-state index in [9.17, 15) is 22.7 Å². The Morgan fingerprint density at radius 1 is 0.909 bits per heavy atom. The van der Waals surface area contributed by atoms with E-state index in [1.165, 1.54) is 12.1 Å². The van der Waals surface area contributed by atoms with Gasteiger partial charge >= 0.3 is 6.18 Å². The number of halogens is 4. The minimum atomic E-state index is -4.48. The van der Waals surface area contributed by atoms with Crippen LogP contribution in [-0.2, 0) is 6.18 Å². The van der Waals surface area contributed by atoms with Gasteiger partial charge in [0.05, 0.1) is 5.56 Å². The average molecular weight is 307 g/mol. The molecule has 0 saturated heterocycles. The van der Waals surface area contributed by atoms with E-state index in [4.69, 9.17) is 5.26 Å². The summed E-state index contributed by atoms with van der Waals surface area (Å²) in [6.07, 6.45) is -4.48. The molecule has 0 unspecified atom stereocenters. The molecule has 0 aliphatic rings. The Hall–Kier alpha value is -2.81. The standard InChI is InChI=1S/C16H9F4NO/c17-13-7-3-11(4-8-13)15(22)14(9-21)10-1-5-12(6-2-10)16(18,19)20/h1-8,22H. The molecule has 0 saturated carbocycles. The van der Waals surface area contributed by atoms with Crippen LogP contribution in [0.3, 0.4) is 0 Å². The molecule has 0 heterocycles. The molecule has 2 aromatic carbocycles. The van der Waals surface area contributed by atoms with Crippen molar-refractivity contribution in [3.05, 3.63) is 71.0 Å². The van der Waals surface area contributed by atoms with Gasteiger partial charge in [0, 0.05) is 5.56 Å². The van der Waals surface area contributed by atoms with Gasteiger partial charge in [-0.25, -0.2) is 4.39 Å². The van der Waals surface area contributed by atoms with Gasteiger partial charge in [-0.2, -0.15) is 18.4 Å². The molecule has 2 nitrogen and oxygen atoms in total. The van der Waals surface area contributed by atoms with Gasteiger partial charge in [-0.05, 0) is 42.0 Å². The number of rotatable bonds is 2.